The molecule has 1 N–H and O–H groups in total. The lowest BCUT2D eigenvalue weighted by molar-refractivity contribution is -0.137. The Kier molecular flexibility index (Phi) is 9.64. The van der Waals surface area contributed by atoms with Crippen LogP contribution in [0.15, 0.2) is 73.1 Å². The molecule has 0 spiro atoms. The van der Waals surface area contributed by atoms with Crippen molar-refractivity contribution in [3.8, 4) is 0 Å². The highest BCUT2D eigenvalue weighted by atomic mass is 16.2. The molecule has 0 radical (unpaired) electrons. The molecule has 1 aromatic heterocycles. The number of amides is 2. The van der Waals surface area contributed by atoms with Crippen LogP contribution in [-0.2, 0) is 9.59 Å². The molecule has 0 bridgehead atoms. The van der Waals surface area contributed by atoms with Gasteiger partial charge in [-0.1, -0.05) is 73.7 Å². The van der Waals surface area contributed by atoms with E-state index in [0.29, 0.717) is 18.5 Å². The molecule has 2 amide bonds. The van der Waals surface area contributed by atoms with E-state index in [1.54, 1.807) is 6.20 Å². The summed E-state index contributed by atoms with van der Waals surface area (Å²) in [6, 6.07) is 26.0. The largest absolute Gasteiger partial charge is 0.355 e. The molecular formula is C31H37N3O2. The average molecular weight is 484 g/mol. The number of hydrogen-bond acceptors (Lipinski definition) is 3. The van der Waals surface area contributed by atoms with Crippen LogP contribution >= 0.6 is 0 Å². The SMILES string of the molecule is CC(CC(=O)NCC(c1ccccc1)C(C(=O)N(C(C)C)C(C)C)c1c#ccnc1)c1ccccc1. The maximum absolute atomic E-state index is 14.1. The van der Waals surface area contributed by atoms with Crippen molar-refractivity contribution >= 4 is 11.8 Å². The normalized spacial score (nSPS) is 13.5. The van der Waals surface area contributed by atoms with Crippen LogP contribution in [0.25, 0.3) is 0 Å². The third kappa shape index (κ3) is 6.95. The van der Waals surface area contributed by atoms with Gasteiger partial charge in [0.25, 0.3) is 0 Å². The summed E-state index contributed by atoms with van der Waals surface area (Å²) < 4.78 is 0. The van der Waals surface area contributed by atoms with Gasteiger partial charge in [0.2, 0.25) is 11.8 Å². The third-order valence-corrected chi connectivity index (χ3v) is 6.55. The zero-order valence-corrected chi connectivity index (χ0v) is 21.9. The monoisotopic (exact) mass is 483 g/mol. The van der Waals surface area contributed by atoms with Crippen molar-refractivity contribution in [1.82, 2.24) is 15.2 Å². The maximum Gasteiger partial charge on any atom is 0.231 e. The van der Waals surface area contributed by atoms with E-state index >= 15 is 0 Å². The molecular weight excluding hydrogens is 446 g/mol. The summed E-state index contributed by atoms with van der Waals surface area (Å²) in [5.74, 6) is -0.793. The van der Waals surface area contributed by atoms with Crippen molar-refractivity contribution in [2.75, 3.05) is 6.54 Å². The minimum Gasteiger partial charge on any atom is -0.355 e. The smallest absolute Gasteiger partial charge is 0.231 e. The van der Waals surface area contributed by atoms with Gasteiger partial charge >= 0.3 is 0 Å². The van der Waals surface area contributed by atoms with Crippen molar-refractivity contribution in [3.05, 3.63) is 102 Å². The van der Waals surface area contributed by atoms with Gasteiger partial charge in [-0.15, -0.1) is 0 Å². The number of rotatable bonds is 11. The van der Waals surface area contributed by atoms with Crippen LogP contribution in [0.1, 0.15) is 75.5 Å². The second-order valence-electron chi connectivity index (χ2n) is 9.88. The summed E-state index contributed by atoms with van der Waals surface area (Å²) in [7, 11) is 0. The highest BCUT2D eigenvalue weighted by Gasteiger charge is 2.36. The Balaban J connectivity index is 1.91. The molecule has 0 fully saturated rings. The lowest BCUT2D eigenvalue weighted by Crippen LogP contribution is -2.47. The Labute approximate surface area is 216 Å². The first-order chi connectivity index (χ1) is 17.3. The number of hydrogen-bond donors (Lipinski definition) is 1. The second kappa shape index (κ2) is 12.9. The van der Waals surface area contributed by atoms with Crippen LogP contribution < -0.4 is 5.32 Å². The number of nitrogens with one attached hydrogen (secondary N) is 1. The van der Waals surface area contributed by atoms with Crippen LogP contribution in [0, 0.1) is 12.1 Å². The molecule has 0 saturated heterocycles. The zero-order chi connectivity index (χ0) is 26.1. The molecule has 3 aromatic rings. The molecule has 3 rings (SSSR count). The third-order valence-electron chi connectivity index (χ3n) is 6.55. The van der Waals surface area contributed by atoms with Crippen molar-refractivity contribution in [3.63, 3.8) is 0 Å². The molecule has 3 atom stereocenters. The highest BCUT2D eigenvalue weighted by Crippen LogP contribution is 2.35. The number of carbonyl (C=O) groups is 2. The molecule has 0 aliphatic heterocycles. The molecule has 3 unspecified atom stereocenters. The first-order valence-electron chi connectivity index (χ1n) is 12.7. The Morgan fingerprint density at radius 3 is 2.00 bits per heavy atom. The van der Waals surface area contributed by atoms with Gasteiger partial charge < -0.3 is 10.2 Å². The van der Waals surface area contributed by atoms with Crippen molar-refractivity contribution in [1.29, 1.82) is 0 Å². The first kappa shape index (κ1) is 26.9. The number of aromatic nitrogens is 1. The van der Waals surface area contributed by atoms with E-state index in [-0.39, 0.29) is 35.7 Å². The average Bonchev–Trinajstić information content (AvgIpc) is 2.87. The van der Waals surface area contributed by atoms with Crippen molar-refractivity contribution in [2.45, 2.75) is 70.9 Å². The van der Waals surface area contributed by atoms with E-state index in [1.807, 2.05) is 93.3 Å². The van der Waals surface area contributed by atoms with Crippen LogP contribution in [-0.4, -0.2) is 40.3 Å². The summed E-state index contributed by atoms with van der Waals surface area (Å²) in [5, 5.41) is 3.13. The van der Waals surface area contributed by atoms with Gasteiger partial charge in [0, 0.05) is 42.7 Å². The van der Waals surface area contributed by atoms with Gasteiger partial charge in [-0.05, 0) is 50.8 Å². The maximum atomic E-state index is 14.1. The summed E-state index contributed by atoms with van der Waals surface area (Å²) in [6.07, 6.45) is 3.60. The summed E-state index contributed by atoms with van der Waals surface area (Å²) >= 11 is 0. The summed E-state index contributed by atoms with van der Waals surface area (Å²) in [6.45, 7) is 10.5. The topological polar surface area (TPSA) is 62.3 Å². The number of nitrogens with zero attached hydrogens (tertiary/aromatic N) is 2. The van der Waals surface area contributed by atoms with Gasteiger partial charge in [-0.25, -0.2) is 0 Å². The summed E-state index contributed by atoms with van der Waals surface area (Å²) in [4.78, 5) is 33.2. The summed E-state index contributed by atoms with van der Waals surface area (Å²) in [5.41, 5.74) is 2.79. The van der Waals surface area contributed by atoms with Gasteiger partial charge in [-0.3, -0.25) is 14.6 Å². The molecule has 5 heteroatoms. The molecule has 0 aliphatic carbocycles. The van der Waals surface area contributed by atoms with E-state index in [1.165, 1.54) is 6.20 Å². The van der Waals surface area contributed by atoms with E-state index in [9.17, 15) is 9.59 Å². The lowest BCUT2D eigenvalue weighted by atomic mass is 9.80. The first-order valence-corrected chi connectivity index (χ1v) is 12.7. The Morgan fingerprint density at radius 1 is 0.889 bits per heavy atom. The van der Waals surface area contributed by atoms with Gasteiger partial charge in [0.05, 0.1) is 12.1 Å². The fraction of sp³-hybridized carbons (Fsp3) is 0.387. The lowest BCUT2D eigenvalue weighted by Gasteiger charge is -2.36. The fourth-order valence-corrected chi connectivity index (χ4v) is 4.85. The predicted molar refractivity (Wildman–Crippen MR) is 143 cm³/mol. The Bertz CT molecular complexity index is 1080. The molecule has 5 nitrogen and oxygen atoms in total. The van der Waals surface area contributed by atoms with Gasteiger partial charge in [0.15, 0.2) is 0 Å². The molecule has 0 aliphatic rings. The minimum atomic E-state index is -0.561. The predicted octanol–water partition coefficient (Wildman–Crippen LogP) is 5.50. The van der Waals surface area contributed by atoms with E-state index in [4.69, 9.17) is 0 Å². The van der Waals surface area contributed by atoms with E-state index in [2.05, 4.69) is 29.4 Å². The molecule has 36 heavy (non-hydrogen) atoms. The quantitative estimate of drug-likeness (QED) is 0.391. The molecule has 2 aromatic carbocycles. The second-order valence-corrected chi connectivity index (χ2v) is 9.88. The Morgan fingerprint density at radius 2 is 1.47 bits per heavy atom. The van der Waals surface area contributed by atoms with Crippen LogP contribution in [0.2, 0.25) is 0 Å². The number of benzene rings is 2. The fourth-order valence-electron chi connectivity index (χ4n) is 4.85. The molecule has 188 valence electrons. The van der Waals surface area contributed by atoms with Gasteiger partial charge in [0.1, 0.15) is 0 Å². The molecule has 1 heterocycles. The van der Waals surface area contributed by atoms with Crippen LogP contribution in [0.3, 0.4) is 0 Å². The van der Waals surface area contributed by atoms with Crippen LogP contribution in [0.5, 0.6) is 0 Å². The van der Waals surface area contributed by atoms with E-state index in [0.717, 1.165) is 11.1 Å². The zero-order valence-electron chi connectivity index (χ0n) is 21.9. The highest BCUT2D eigenvalue weighted by molar-refractivity contribution is 5.85. The molecule has 0 saturated carbocycles. The van der Waals surface area contributed by atoms with Crippen molar-refractivity contribution < 1.29 is 9.59 Å². The van der Waals surface area contributed by atoms with Crippen molar-refractivity contribution in [2.24, 2.45) is 0 Å². The van der Waals surface area contributed by atoms with Gasteiger partial charge in [-0.2, -0.15) is 0 Å². The minimum absolute atomic E-state index is 0.00148. The van der Waals surface area contributed by atoms with Crippen LogP contribution in [0.4, 0.5) is 0 Å². The van der Waals surface area contributed by atoms with E-state index < -0.39 is 5.92 Å². The Hall–Kier alpha value is -3.65. The number of carbonyl (C=O) groups excluding carboxylic acids is 2. The standard InChI is InChI=1S/C31H37N3O2/c1-22(2)34(23(3)4)31(36)30(27-17-12-18-32-20-27)28(26-15-10-7-11-16-26)21-33-29(35)19-24(5)25-13-8-6-9-14-25/h6-11,13-16,18,20,22-24,28,30H,19,21H2,1-5H3,(H,33,35).